The van der Waals surface area contributed by atoms with E-state index >= 15 is 0 Å². The van der Waals surface area contributed by atoms with Gasteiger partial charge in [-0.05, 0) is 81.0 Å². The monoisotopic (exact) mass is 1050 g/mol. The van der Waals surface area contributed by atoms with Crippen LogP contribution in [0.2, 0.25) is 0 Å². The van der Waals surface area contributed by atoms with Crippen molar-refractivity contribution in [2.45, 2.75) is 113 Å². The molecule has 10 atom stereocenters. The number of phenols is 1. The van der Waals surface area contributed by atoms with Crippen molar-refractivity contribution in [1.82, 2.24) is 42.2 Å². The maximum atomic E-state index is 14.7. The second kappa shape index (κ2) is 27.9. The number of carboxylic acid groups (broad SMARTS) is 1. The normalized spacial score (nSPS) is 22.5. The number of carbonyl (C=O) groups excluding carboxylic acids is 7. The second-order valence-corrected chi connectivity index (χ2v) is 20.2. The molecule has 0 bridgehead atoms. The van der Waals surface area contributed by atoms with Crippen molar-refractivity contribution in [3.05, 3.63) is 102 Å². The summed E-state index contributed by atoms with van der Waals surface area (Å²) in [6.07, 6.45) is -1.03. The van der Waals surface area contributed by atoms with Crippen LogP contribution in [0.25, 0.3) is 10.9 Å². The third kappa shape index (κ3) is 17.2. The topological polar surface area (TPSA) is 370 Å². The predicted molar refractivity (Wildman–Crippen MR) is 274 cm³/mol. The summed E-state index contributed by atoms with van der Waals surface area (Å²) in [6.45, 7) is 2.56. The van der Waals surface area contributed by atoms with Crippen molar-refractivity contribution < 1.29 is 58.8 Å². The fourth-order valence-electron chi connectivity index (χ4n) is 7.79. The first-order valence-electron chi connectivity index (χ1n) is 23.6. The molecule has 1 aliphatic heterocycles. The molecule has 0 spiro atoms. The number of aliphatic hydroxyl groups is 2. The standard InChI is InChI=1S/C49H64N10O12S2/c1-26(60)40-48(69)57-39(47(68)59-41(27(2)61)49(70)71)25-73-72-24-38(56-42(63)33(51)20-28-10-4-3-5-11-28)46(67)54-36(21-29-15-17-31(62)18-16-29)44(65)55-37(22-30-23-52-34-13-7-6-12-32(30)34)45(66)53-35(43(64)58-40)14-8-9-19-50/h3-7,10-13,15-18,23,26-27,33,35-41,52,60-62H,8-9,14,19-22,24-25,50-51H2,1-2H3,(H,53,66)(H,54,67)(H,55,65)(H,56,63)(H,57,69)(H,58,64)(H,59,68)(H,70,71)/t26?,27?,33-,35+,36+,37?,38?,39?,40+,41+/m1/s1. The van der Waals surface area contributed by atoms with E-state index in [1.807, 2.05) is 18.2 Å². The molecule has 24 heteroatoms. The lowest BCUT2D eigenvalue weighted by Crippen LogP contribution is -2.62. The molecule has 394 valence electrons. The maximum absolute atomic E-state index is 14.7. The number of nitrogens with one attached hydrogen (secondary N) is 8. The van der Waals surface area contributed by atoms with E-state index in [2.05, 4.69) is 42.2 Å². The van der Waals surface area contributed by atoms with Gasteiger partial charge in [0.2, 0.25) is 41.4 Å². The van der Waals surface area contributed by atoms with E-state index in [0.717, 1.165) is 45.0 Å². The number of aliphatic carboxylic acids is 1. The number of aliphatic hydroxyl groups excluding tert-OH is 2. The SMILES string of the molecule is CC(O)[C@H](NC(=O)C1CSSCC(NC(=O)[C@H](N)Cc2ccccc2)C(=O)N[C@@H](Cc2ccc(O)cc2)C(=O)NC(Cc2c[nH]c3ccccc23)C(=O)N[C@@H](CCCCN)C(=O)N[C@@H](C(C)O)C(=O)N1)C(=O)O. The fourth-order valence-corrected chi connectivity index (χ4v) is 10.1. The highest BCUT2D eigenvalue weighted by Gasteiger charge is 2.37. The molecule has 73 heavy (non-hydrogen) atoms. The summed E-state index contributed by atoms with van der Waals surface area (Å²) in [7, 11) is 1.86. The van der Waals surface area contributed by atoms with Crippen molar-refractivity contribution in [3.63, 3.8) is 0 Å². The Bertz CT molecular complexity index is 2530. The third-order valence-electron chi connectivity index (χ3n) is 11.9. The van der Waals surface area contributed by atoms with Crippen LogP contribution in [0.15, 0.2) is 85.1 Å². The molecule has 16 N–H and O–H groups in total. The largest absolute Gasteiger partial charge is 0.508 e. The first-order chi connectivity index (χ1) is 34.8. The van der Waals surface area contributed by atoms with Crippen LogP contribution in [0.5, 0.6) is 5.75 Å². The minimum absolute atomic E-state index is 0.0207. The highest BCUT2D eigenvalue weighted by atomic mass is 33.1. The van der Waals surface area contributed by atoms with E-state index in [0.29, 0.717) is 24.0 Å². The molecule has 4 aromatic rings. The van der Waals surface area contributed by atoms with E-state index in [1.54, 1.807) is 42.6 Å². The van der Waals surface area contributed by atoms with Crippen LogP contribution in [-0.2, 0) is 57.6 Å². The Labute approximate surface area is 429 Å². The summed E-state index contributed by atoms with van der Waals surface area (Å²) in [5, 5.41) is 59.6. The molecule has 2 heterocycles. The zero-order valence-electron chi connectivity index (χ0n) is 40.2. The number of fused-ring (bicyclic) bond motifs is 1. The van der Waals surface area contributed by atoms with Gasteiger partial charge in [0.25, 0.3) is 0 Å². The summed E-state index contributed by atoms with van der Waals surface area (Å²) in [5.41, 5.74) is 14.7. The molecule has 0 saturated carbocycles. The van der Waals surface area contributed by atoms with Crippen LogP contribution in [-0.4, -0.2) is 151 Å². The molecule has 1 aromatic heterocycles. The zero-order chi connectivity index (χ0) is 53.2. The van der Waals surface area contributed by atoms with Gasteiger partial charge in [-0.3, -0.25) is 33.6 Å². The van der Waals surface area contributed by atoms with Crippen molar-refractivity contribution in [2.24, 2.45) is 11.5 Å². The first-order valence-corrected chi connectivity index (χ1v) is 26.1. The predicted octanol–water partition coefficient (Wildman–Crippen LogP) is -1.01. The molecule has 3 aromatic carbocycles. The van der Waals surface area contributed by atoms with Gasteiger partial charge in [0, 0.05) is 41.4 Å². The minimum Gasteiger partial charge on any atom is -0.508 e. The molecule has 5 unspecified atom stereocenters. The number of amides is 7. The lowest BCUT2D eigenvalue weighted by molar-refractivity contribution is -0.145. The maximum Gasteiger partial charge on any atom is 0.328 e. The smallest absolute Gasteiger partial charge is 0.328 e. The molecule has 22 nitrogen and oxygen atoms in total. The molecule has 0 aliphatic carbocycles. The van der Waals surface area contributed by atoms with Gasteiger partial charge in [-0.15, -0.1) is 0 Å². The highest BCUT2D eigenvalue weighted by molar-refractivity contribution is 8.76. The summed E-state index contributed by atoms with van der Waals surface area (Å²) in [4.78, 5) is 115. The van der Waals surface area contributed by atoms with Gasteiger partial charge in [0.05, 0.1) is 18.2 Å². The molecule has 7 amide bonds. The number of aromatic amines is 1. The van der Waals surface area contributed by atoms with Crippen LogP contribution < -0.4 is 48.7 Å². The number of hydrogen-bond acceptors (Lipinski definition) is 15. The summed E-state index contributed by atoms with van der Waals surface area (Å²) in [6, 6.07) is 9.98. The van der Waals surface area contributed by atoms with Gasteiger partial charge >= 0.3 is 5.97 Å². The van der Waals surface area contributed by atoms with Crippen molar-refractivity contribution in [3.8, 4) is 5.75 Å². The van der Waals surface area contributed by atoms with E-state index in [4.69, 9.17) is 11.5 Å². The van der Waals surface area contributed by atoms with Crippen LogP contribution >= 0.6 is 21.6 Å². The first kappa shape index (κ1) is 57.2. The van der Waals surface area contributed by atoms with Crippen LogP contribution in [0, 0.1) is 0 Å². The van der Waals surface area contributed by atoms with Gasteiger partial charge < -0.3 is 74.1 Å². The van der Waals surface area contributed by atoms with Crippen molar-refractivity contribution in [2.75, 3.05) is 18.1 Å². The third-order valence-corrected chi connectivity index (χ3v) is 14.3. The van der Waals surface area contributed by atoms with Crippen molar-refractivity contribution in [1.29, 1.82) is 0 Å². The summed E-state index contributed by atoms with van der Waals surface area (Å²) in [5.74, 6) is -8.59. The molecular formula is C49H64N10O12S2. The second-order valence-electron chi connectivity index (χ2n) is 17.7. The molecule has 1 aliphatic rings. The number of benzene rings is 3. The van der Waals surface area contributed by atoms with Gasteiger partial charge in [-0.1, -0.05) is 82.3 Å². The van der Waals surface area contributed by atoms with Crippen molar-refractivity contribution >= 4 is 79.8 Å². The van der Waals surface area contributed by atoms with Crippen LogP contribution in [0.4, 0.5) is 0 Å². The van der Waals surface area contributed by atoms with Gasteiger partial charge in [0.1, 0.15) is 42.0 Å². The lowest BCUT2D eigenvalue weighted by Gasteiger charge is -2.29. The number of aromatic nitrogens is 1. The van der Waals surface area contributed by atoms with Gasteiger partial charge in [-0.2, -0.15) is 0 Å². The summed E-state index contributed by atoms with van der Waals surface area (Å²) >= 11 is 0. The Kier molecular flexibility index (Phi) is 21.9. The average Bonchev–Trinajstić information content (AvgIpc) is 3.76. The number of carboxylic acids is 1. The van der Waals surface area contributed by atoms with E-state index in [9.17, 15) is 58.8 Å². The van der Waals surface area contributed by atoms with Crippen LogP contribution in [0.1, 0.15) is 49.8 Å². The van der Waals surface area contributed by atoms with E-state index in [-0.39, 0.29) is 49.5 Å². The molecule has 1 saturated heterocycles. The number of nitrogens with two attached hydrogens (primary N) is 2. The number of hydrogen-bond donors (Lipinski definition) is 14. The van der Waals surface area contributed by atoms with E-state index < -0.39 is 108 Å². The number of H-pyrrole nitrogens is 1. The quantitative estimate of drug-likeness (QED) is 0.0445. The Hall–Kier alpha value is -6.70. The molecule has 5 rings (SSSR count). The van der Waals surface area contributed by atoms with Gasteiger partial charge in [-0.25, -0.2) is 4.79 Å². The Morgan fingerprint density at radius 2 is 1.34 bits per heavy atom. The van der Waals surface area contributed by atoms with Gasteiger partial charge in [0.15, 0.2) is 6.04 Å². The van der Waals surface area contributed by atoms with Crippen LogP contribution in [0.3, 0.4) is 0 Å². The summed E-state index contributed by atoms with van der Waals surface area (Å²) < 4.78 is 0. The lowest BCUT2D eigenvalue weighted by atomic mass is 10.0. The molecule has 1 fully saturated rings. The number of carbonyl (C=O) groups is 8. The molecule has 0 radical (unpaired) electrons. The Morgan fingerprint density at radius 1 is 0.726 bits per heavy atom. The average molecular weight is 1050 g/mol. The highest BCUT2D eigenvalue weighted by Crippen LogP contribution is 2.25. The fraction of sp³-hybridized carbons (Fsp3) is 0.429. The minimum atomic E-state index is -1.82. The number of phenolic OH excluding ortho intramolecular Hbond substituents is 1. The number of rotatable bonds is 17. The molecular weight excluding hydrogens is 985 g/mol. The van der Waals surface area contributed by atoms with E-state index in [1.165, 1.54) is 31.2 Å². The number of unbranched alkanes of at least 4 members (excludes halogenated alkanes) is 1. The number of aromatic hydroxyl groups is 1. The zero-order valence-corrected chi connectivity index (χ0v) is 41.9. The Balaban J connectivity index is 1.58. The Morgan fingerprint density at radius 3 is 2.00 bits per heavy atom. The number of para-hydroxylation sites is 1.